The van der Waals surface area contributed by atoms with E-state index in [2.05, 4.69) is 0 Å². The van der Waals surface area contributed by atoms with Crippen molar-refractivity contribution < 1.29 is 57.4 Å². The number of benzene rings is 8. The summed E-state index contributed by atoms with van der Waals surface area (Å²) in [5.74, 6) is 0. The molecule has 0 bridgehead atoms. The molecule has 0 fully saturated rings. The molecule has 364 valence electrons. The van der Waals surface area contributed by atoms with Gasteiger partial charge in [0.2, 0.25) is 0 Å². The molecule has 0 heterocycles. The van der Waals surface area contributed by atoms with Crippen LogP contribution in [0.1, 0.15) is 56.7 Å². The number of ether oxygens (including phenoxy) is 1. The summed E-state index contributed by atoms with van der Waals surface area (Å²) in [5.41, 5.74) is -13.8. The van der Waals surface area contributed by atoms with Gasteiger partial charge in [0, 0.05) is 20.1 Å². The summed E-state index contributed by atoms with van der Waals surface area (Å²) in [6.45, 7) is 0. The second-order valence-electron chi connectivity index (χ2n) is 16.0. The lowest BCUT2D eigenvalue weighted by molar-refractivity contribution is -0.141. The molecule has 0 aliphatic heterocycles. The third kappa shape index (κ3) is 10.9. The smallest absolute Gasteiger partial charge is 0.356 e. The van der Waals surface area contributed by atoms with Crippen LogP contribution in [-0.4, -0.2) is 0 Å². The minimum absolute atomic E-state index is 0.110. The normalized spacial score (nSPS) is 12.5. The van der Waals surface area contributed by atoms with Crippen molar-refractivity contribution in [3.63, 3.8) is 0 Å². The highest BCUT2D eigenvalue weighted by Gasteiger charge is 2.47. The lowest BCUT2D eigenvalue weighted by Crippen LogP contribution is -2.25. The second-order valence-corrected chi connectivity index (χ2v) is 17.7. The topological polar surface area (TPSA) is 9.23 Å². The Morgan fingerprint density at radius 3 is 0.620 bits per heavy atom. The van der Waals surface area contributed by atoms with E-state index in [0.717, 1.165) is 72.8 Å². The van der Waals surface area contributed by atoms with Crippen molar-refractivity contribution in [2.45, 2.75) is 36.9 Å². The Kier molecular flexibility index (Phi) is 14.4. The first kappa shape index (κ1) is 51.4. The zero-order valence-corrected chi connectivity index (χ0v) is 38.8. The number of hydrogen-bond acceptors (Lipinski definition) is 1. The number of rotatable bonds is 10. The molecule has 8 aromatic carbocycles. The van der Waals surface area contributed by atoms with Gasteiger partial charge in [-0.2, -0.15) is 52.7 Å². The summed E-state index contributed by atoms with van der Waals surface area (Å²) in [4.78, 5) is 0. The number of hydrogen-bond donors (Lipinski definition) is 0. The maximum Gasteiger partial charge on any atom is 0.417 e. The third-order valence-electron chi connectivity index (χ3n) is 11.5. The zero-order chi connectivity index (χ0) is 51.2. The third-order valence-corrected chi connectivity index (χ3v) is 12.6. The van der Waals surface area contributed by atoms with Crippen molar-refractivity contribution in [2.75, 3.05) is 0 Å². The van der Waals surface area contributed by atoms with Crippen molar-refractivity contribution in [3.05, 3.63) is 234 Å². The molecule has 1 nitrogen and oxygen atoms in total. The molecule has 17 heteroatoms. The van der Waals surface area contributed by atoms with Gasteiger partial charge in [0.1, 0.15) is 12.2 Å². The molecule has 71 heavy (non-hydrogen) atoms. The monoisotopic (exact) mass is 1060 g/mol. The Bertz CT molecular complexity index is 2770. The van der Waals surface area contributed by atoms with E-state index in [-0.39, 0.29) is 42.3 Å². The molecule has 0 aliphatic rings. The van der Waals surface area contributed by atoms with Crippen LogP contribution in [0, 0.1) is 0 Å². The van der Waals surface area contributed by atoms with Gasteiger partial charge < -0.3 is 4.74 Å². The van der Waals surface area contributed by atoms with Crippen LogP contribution in [0.4, 0.5) is 52.7 Å². The standard InChI is InChI=1S/C54H30Cl4F12O/c55-33-21-13-29(14-22-33)37-5-1-9-41(45(37)51(59,60)61)49(42-10-2-6-38(46(42)52(62,63)64)30-15-23-34(56)24-16-30)71-50(43-11-3-7-39(47(43)53(65,66)67)31-17-25-35(57)26-18-31)44-12-4-8-40(48(44)54(68,69)70)32-19-27-36(58)28-20-32/h1-28,49-50H. The molecule has 0 aromatic heterocycles. The molecule has 0 aliphatic carbocycles. The fourth-order valence-electron chi connectivity index (χ4n) is 8.66. The first-order valence-corrected chi connectivity index (χ1v) is 22.4. The molecule has 0 radical (unpaired) electrons. The molecular weight excluding hydrogens is 1030 g/mol. The van der Waals surface area contributed by atoms with Crippen molar-refractivity contribution in [2.24, 2.45) is 0 Å². The van der Waals surface area contributed by atoms with Crippen LogP contribution >= 0.6 is 46.4 Å². The molecule has 0 unspecified atom stereocenters. The number of halogens is 16. The molecule has 8 aromatic rings. The van der Waals surface area contributed by atoms with Crippen LogP contribution < -0.4 is 0 Å². The van der Waals surface area contributed by atoms with E-state index in [0.29, 0.717) is 0 Å². The fourth-order valence-corrected chi connectivity index (χ4v) is 9.17. The summed E-state index contributed by atoms with van der Waals surface area (Å²) >= 11 is 24.3. The average molecular weight is 1060 g/mol. The highest BCUT2D eigenvalue weighted by molar-refractivity contribution is 6.31. The van der Waals surface area contributed by atoms with Crippen molar-refractivity contribution in [1.29, 1.82) is 0 Å². The summed E-state index contributed by atoms with van der Waals surface area (Å²) < 4.78 is 198. The largest absolute Gasteiger partial charge is 0.417 e. The Morgan fingerprint density at radius 1 is 0.268 bits per heavy atom. The number of alkyl halides is 12. The predicted octanol–water partition coefficient (Wildman–Crippen LogP) is 19.9. The average Bonchev–Trinajstić information content (AvgIpc) is 3.31. The maximum atomic E-state index is 16.0. The fraction of sp³-hybridized carbons (Fsp3) is 0.111. The summed E-state index contributed by atoms with van der Waals surface area (Å²) in [6, 6.07) is 31.0. The van der Waals surface area contributed by atoms with E-state index < -0.39 is 104 Å². The van der Waals surface area contributed by atoms with Crippen LogP contribution in [0.15, 0.2) is 170 Å². The highest BCUT2D eigenvalue weighted by Crippen LogP contribution is 2.54. The van der Waals surface area contributed by atoms with Crippen molar-refractivity contribution in [1.82, 2.24) is 0 Å². The summed E-state index contributed by atoms with van der Waals surface area (Å²) in [7, 11) is 0. The van der Waals surface area contributed by atoms with Crippen LogP contribution in [0.5, 0.6) is 0 Å². The van der Waals surface area contributed by atoms with E-state index in [1.54, 1.807) is 0 Å². The van der Waals surface area contributed by atoms with Gasteiger partial charge in [0.15, 0.2) is 0 Å². The minimum atomic E-state index is -5.47. The van der Waals surface area contributed by atoms with Gasteiger partial charge in [0.05, 0.1) is 22.3 Å². The molecule has 0 saturated heterocycles. The van der Waals surface area contributed by atoms with Gasteiger partial charge in [-0.05, 0) is 115 Å². The Hall–Kier alpha value is -5.96. The molecule has 8 rings (SSSR count). The highest BCUT2D eigenvalue weighted by atomic mass is 35.5. The van der Waals surface area contributed by atoms with E-state index in [4.69, 9.17) is 51.1 Å². The summed E-state index contributed by atoms with van der Waals surface area (Å²) in [6.07, 6.45) is -27.4. The molecule has 0 N–H and O–H groups in total. The van der Waals surface area contributed by atoms with Crippen LogP contribution in [-0.2, 0) is 29.4 Å². The lowest BCUT2D eigenvalue weighted by atomic mass is 9.84. The SMILES string of the molecule is FC(F)(F)c1c(-c2ccc(Cl)cc2)cccc1C(OC(c1cccc(-c2ccc(Cl)cc2)c1C(F)(F)F)c1cccc(-c2ccc(Cl)cc2)c1C(F)(F)F)c1cccc(-c2ccc(Cl)cc2)c1C(F)(F)F. The van der Waals surface area contributed by atoms with Gasteiger partial charge >= 0.3 is 24.7 Å². The summed E-state index contributed by atoms with van der Waals surface area (Å²) in [5, 5.41) is 0.441. The van der Waals surface area contributed by atoms with Gasteiger partial charge in [-0.25, -0.2) is 0 Å². The first-order valence-electron chi connectivity index (χ1n) is 20.9. The van der Waals surface area contributed by atoms with E-state index in [1.807, 2.05) is 0 Å². The molecule has 0 amide bonds. The van der Waals surface area contributed by atoms with Gasteiger partial charge in [0.25, 0.3) is 0 Å². The van der Waals surface area contributed by atoms with Crippen LogP contribution in [0.25, 0.3) is 44.5 Å². The molecule has 0 atom stereocenters. The Morgan fingerprint density at radius 2 is 0.451 bits per heavy atom. The Labute approximate surface area is 417 Å². The lowest BCUT2D eigenvalue weighted by Gasteiger charge is -2.34. The van der Waals surface area contributed by atoms with Crippen molar-refractivity contribution in [3.8, 4) is 44.5 Å². The molecule has 0 saturated carbocycles. The predicted molar refractivity (Wildman–Crippen MR) is 252 cm³/mol. The van der Waals surface area contributed by atoms with Crippen LogP contribution in [0.3, 0.4) is 0 Å². The van der Waals surface area contributed by atoms with E-state index in [1.165, 1.54) is 97.1 Å². The minimum Gasteiger partial charge on any atom is -0.356 e. The Balaban J connectivity index is 1.55. The zero-order valence-electron chi connectivity index (χ0n) is 35.8. The molecular formula is C54H30Cl4F12O. The second kappa shape index (κ2) is 19.9. The van der Waals surface area contributed by atoms with E-state index >= 15 is 52.7 Å². The van der Waals surface area contributed by atoms with E-state index in [9.17, 15) is 0 Å². The van der Waals surface area contributed by atoms with Crippen LogP contribution in [0.2, 0.25) is 20.1 Å². The molecule has 0 spiro atoms. The maximum absolute atomic E-state index is 16.0. The van der Waals surface area contributed by atoms with Crippen molar-refractivity contribution >= 4 is 46.4 Å². The quantitative estimate of drug-likeness (QED) is 0.124. The first-order chi connectivity index (χ1) is 33.4. The van der Waals surface area contributed by atoms with Gasteiger partial charge in [-0.15, -0.1) is 0 Å². The van der Waals surface area contributed by atoms with Gasteiger partial charge in [-0.1, -0.05) is 168 Å². The van der Waals surface area contributed by atoms with Gasteiger partial charge in [-0.3, -0.25) is 0 Å².